The van der Waals surface area contributed by atoms with Crippen molar-refractivity contribution in [2.45, 2.75) is 32.1 Å². The van der Waals surface area contributed by atoms with Crippen molar-refractivity contribution in [2.75, 3.05) is 0 Å². The van der Waals surface area contributed by atoms with Crippen molar-refractivity contribution in [1.82, 2.24) is 9.13 Å². The van der Waals surface area contributed by atoms with Gasteiger partial charge in [-0.25, -0.2) is 4.79 Å². The van der Waals surface area contributed by atoms with Crippen LogP contribution in [0.15, 0.2) is 16.9 Å². The highest BCUT2D eigenvalue weighted by Gasteiger charge is 2.27. The Balaban J connectivity index is 2.43. The number of hydrogen-bond acceptors (Lipinski definition) is 1. The Hall–Kier alpha value is -1.51. The number of imidazole rings is 1. The summed E-state index contributed by atoms with van der Waals surface area (Å²) in [7, 11) is 3.74. The summed E-state index contributed by atoms with van der Waals surface area (Å²) in [5.74, 6) is 0.678. The number of benzene rings is 1. The lowest BCUT2D eigenvalue weighted by Crippen LogP contribution is -2.19. The van der Waals surface area contributed by atoms with Crippen LogP contribution >= 0.6 is 0 Å². The molecule has 1 aliphatic rings. The first-order valence-corrected chi connectivity index (χ1v) is 6.31. The van der Waals surface area contributed by atoms with Crippen LogP contribution in [0.4, 0.5) is 0 Å². The van der Waals surface area contributed by atoms with E-state index < -0.39 is 0 Å². The maximum absolute atomic E-state index is 12.0. The third-order valence-electron chi connectivity index (χ3n) is 3.88. The highest BCUT2D eigenvalue weighted by molar-refractivity contribution is 5.81. The smallest absolute Gasteiger partial charge is 0.295 e. The lowest BCUT2D eigenvalue weighted by Gasteiger charge is -2.07. The van der Waals surface area contributed by atoms with E-state index in [0.29, 0.717) is 5.92 Å². The van der Waals surface area contributed by atoms with E-state index in [-0.39, 0.29) is 5.69 Å². The van der Waals surface area contributed by atoms with Gasteiger partial charge in [0, 0.05) is 14.1 Å². The zero-order valence-electron chi connectivity index (χ0n) is 10.7. The SMILES string of the molecule is CCc1cc(C2CC2)c2c(c1)n(C)c(=O)n2C. The van der Waals surface area contributed by atoms with Crippen LogP contribution in [-0.4, -0.2) is 9.13 Å². The Labute approximate surface area is 101 Å². The second kappa shape index (κ2) is 3.49. The predicted molar refractivity (Wildman–Crippen MR) is 69.5 cm³/mol. The molecule has 2 aromatic rings. The summed E-state index contributed by atoms with van der Waals surface area (Å²) in [5.41, 5.74) is 5.01. The monoisotopic (exact) mass is 230 g/mol. The molecule has 0 saturated heterocycles. The molecule has 90 valence electrons. The van der Waals surface area contributed by atoms with E-state index in [1.54, 1.807) is 9.13 Å². The third-order valence-corrected chi connectivity index (χ3v) is 3.88. The summed E-state index contributed by atoms with van der Waals surface area (Å²) in [6, 6.07) is 4.45. The molecule has 1 aliphatic carbocycles. The summed E-state index contributed by atoms with van der Waals surface area (Å²) in [4.78, 5) is 12.0. The van der Waals surface area contributed by atoms with Gasteiger partial charge >= 0.3 is 5.69 Å². The average molecular weight is 230 g/mol. The van der Waals surface area contributed by atoms with Gasteiger partial charge in [0.25, 0.3) is 0 Å². The molecular formula is C14H18N2O. The lowest BCUT2D eigenvalue weighted by molar-refractivity contribution is 0.793. The largest absolute Gasteiger partial charge is 0.328 e. The molecule has 3 nitrogen and oxygen atoms in total. The van der Waals surface area contributed by atoms with Crippen LogP contribution in [0.5, 0.6) is 0 Å². The van der Waals surface area contributed by atoms with Gasteiger partial charge in [0.15, 0.2) is 0 Å². The molecule has 1 heterocycles. The van der Waals surface area contributed by atoms with E-state index in [9.17, 15) is 4.79 Å². The first kappa shape index (κ1) is 10.6. The minimum absolute atomic E-state index is 0.0788. The molecule has 3 heteroatoms. The molecule has 1 aromatic heterocycles. The minimum Gasteiger partial charge on any atom is -0.295 e. The predicted octanol–water partition coefficient (Wildman–Crippen LogP) is 2.32. The number of nitrogens with zero attached hydrogens (tertiary/aromatic N) is 2. The summed E-state index contributed by atoms with van der Waals surface area (Å²) >= 11 is 0. The van der Waals surface area contributed by atoms with Crippen LogP contribution in [0.1, 0.15) is 36.8 Å². The van der Waals surface area contributed by atoms with Crippen LogP contribution in [-0.2, 0) is 20.5 Å². The minimum atomic E-state index is 0.0788. The van der Waals surface area contributed by atoms with Crippen LogP contribution in [0, 0.1) is 0 Å². The van der Waals surface area contributed by atoms with Gasteiger partial charge in [0.1, 0.15) is 0 Å². The van der Waals surface area contributed by atoms with Gasteiger partial charge in [-0.05, 0) is 42.4 Å². The topological polar surface area (TPSA) is 26.9 Å². The van der Waals surface area contributed by atoms with Crippen LogP contribution in [0.25, 0.3) is 11.0 Å². The van der Waals surface area contributed by atoms with Crippen molar-refractivity contribution in [1.29, 1.82) is 0 Å². The lowest BCUT2D eigenvalue weighted by atomic mass is 10.0. The highest BCUT2D eigenvalue weighted by atomic mass is 16.1. The van der Waals surface area contributed by atoms with E-state index in [2.05, 4.69) is 19.1 Å². The van der Waals surface area contributed by atoms with Gasteiger partial charge in [0.2, 0.25) is 0 Å². The molecular weight excluding hydrogens is 212 g/mol. The van der Waals surface area contributed by atoms with Gasteiger partial charge in [-0.1, -0.05) is 13.0 Å². The Kier molecular flexibility index (Phi) is 2.18. The second-order valence-electron chi connectivity index (χ2n) is 5.08. The third kappa shape index (κ3) is 1.45. The fourth-order valence-electron chi connectivity index (χ4n) is 2.66. The summed E-state index contributed by atoms with van der Waals surface area (Å²) in [6.07, 6.45) is 3.56. The zero-order valence-corrected chi connectivity index (χ0v) is 10.7. The van der Waals surface area contributed by atoms with Crippen molar-refractivity contribution in [3.8, 4) is 0 Å². The first-order chi connectivity index (χ1) is 8.13. The van der Waals surface area contributed by atoms with Crippen molar-refractivity contribution in [3.63, 3.8) is 0 Å². The Morgan fingerprint density at radius 1 is 1.24 bits per heavy atom. The molecule has 0 N–H and O–H groups in total. The van der Waals surface area contributed by atoms with E-state index >= 15 is 0 Å². The molecule has 0 atom stereocenters. The summed E-state index contributed by atoms with van der Waals surface area (Å²) < 4.78 is 3.56. The standard InChI is InChI=1S/C14H18N2O/c1-4-9-7-11(10-5-6-10)13-12(8-9)15(2)14(17)16(13)3/h7-8,10H,4-6H2,1-3H3. The number of rotatable bonds is 2. The van der Waals surface area contributed by atoms with Gasteiger partial charge in [-0.3, -0.25) is 9.13 Å². The van der Waals surface area contributed by atoms with Crippen molar-refractivity contribution in [2.24, 2.45) is 14.1 Å². The maximum atomic E-state index is 12.0. The molecule has 1 aromatic carbocycles. The summed E-state index contributed by atoms with van der Waals surface area (Å²) in [6.45, 7) is 2.17. The number of aryl methyl sites for hydroxylation is 3. The molecule has 0 radical (unpaired) electrons. The molecule has 1 fully saturated rings. The average Bonchev–Trinajstić information content (AvgIpc) is 3.15. The van der Waals surface area contributed by atoms with Crippen molar-refractivity contribution in [3.05, 3.63) is 33.7 Å². The van der Waals surface area contributed by atoms with Gasteiger partial charge in [-0.15, -0.1) is 0 Å². The Morgan fingerprint density at radius 3 is 2.53 bits per heavy atom. The molecule has 0 spiro atoms. The van der Waals surface area contributed by atoms with Gasteiger partial charge < -0.3 is 0 Å². The zero-order chi connectivity index (χ0) is 12.2. The fourth-order valence-corrected chi connectivity index (χ4v) is 2.66. The van der Waals surface area contributed by atoms with Crippen LogP contribution < -0.4 is 5.69 Å². The van der Waals surface area contributed by atoms with E-state index in [1.807, 2.05) is 14.1 Å². The normalized spacial score (nSPS) is 15.7. The Bertz CT molecular complexity index is 644. The van der Waals surface area contributed by atoms with Crippen LogP contribution in [0.3, 0.4) is 0 Å². The Morgan fingerprint density at radius 2 is 1.94 bits per heavy atom. The number of aromatic nitrogens is 2. The molecule has 0 aliphatic heterocycles. The molecule has 17 heavy (non-hydrogen) atoms. The molecule has 0 amide bonds. The number of fused-ring (bicyclic) bond motifs is 1. The molecule has 1 saturated carbocycles. The highest BCUT2D eigenvalue weighted by Crippen LogP contribution is 2.43. The van der Waals surface area contributed by atoms with Gasteiger partial charge in [-0.2, -0.15) is 0 Å². The fraction of sp³-hybridized carbons (Fsp3) is 0.500. The van der Waals surface area contributed by atoms with Crippen molar-refractivity contribution >= 4 is 11.0 Å². The van der Waals surface area contributed by atoms with Gasteiger partial charge in [0.05, 0.1) is 11.0 Å². The van der Waals surface area contributed by atoms with E-state index in [0.717, 1.165) is 17.5 Å². The summed E-state index contributed by atoms with van der Waals surface area (Å²) in [5, 5.41) is 0. The van der Waals surface area contributed by atoms with Crippen molar-refractivity contribution < 1.29 is 0 Å². The maximum Gasteiger partial charge on any atom is 0.328 e. The second-order valence-corrected chi connectivity index (χ2v) is 5.08. The quantitative estimate of drug-likeness (QED) is 0.777. The molecule has 3 rings (SSSR count). The molecule has 0 unspecified atom stereocenters. The van der Waals surface area contributed by atoms with E-state index in [1.165, 1.54) is 24.0 Å². The number of hydrogen-bond donors (Lipinski definition) is 0. The molecule has 0 bridgehead atoms. The van der Waals surface area contributed by atoms with E-state index in [4.69, 9.17) is 0 Å². The first-order valence-electron chi connectivity index (χ1n) is 6.31. The van der Waals surface area contributed by atoms with Crippen LogP contribution in [0.2, 0.25) is 0 Å².